The van der Waals surface area contributed by atoms with Crippen molar-refractivity contribution in [2.75, 3.05) is 11.9 Å². The number of anilines is 1. The third-order valence-corrected chi connectivity index (χ3v) is 3.74. The summed E-state index contributed by atoms with van der Waals surface area (Å²) in [4.78, 5) is 35.7. The first kappa shape index (κ1) is 18.7. The van der Waals surface area contributed by atoms with Crippen LogP contribution >= 0.6 is 11.6 Å². The SMILES string of the molecule is CCC(=O)c1cc(Cl)ccc1OCC(=O)Nc1ccccc1C(C)=O. The van der Waals surface area contributed by atoms with Crippen molar-refractivity contribution >= 4 is 34.8 Å². The average Bonchev–Trinajstić information content (AvgIpc) is 2.60. The molecule has 0 aliphatic rings. The van der Waals surface area contributed by atoms with Crippen molar-refractivity contribution in [3.05, 3.63) is 58.6 Å². The molecule has 2 aromatic carbocycles. The van der Waals surface area contributed by atoms with E-state index in [0.717, 1.165) is 0 Å². The van der Waals surface area contributed by atoms with Gasteiger partial charge in [-0.15, -0.1) is 0 Å². The van der Waals surface area contributed by atoms with Crippen LogP contribution in [0, 0.1) is 0 Å². The summed E-state index contributed by atoms with van der Waals surface area (Å²) in [5, 5.41) is 3.06. The zero-order chi connectivity index (χ0) is 18.4. The number of nitrogens with one attached hydrogen (secondary N) is 1. The first-order chi connectivity index (χ1) is 11.9. The van der Waals surface area contributed by atoms with Crippen LogP contribution in [0.3, 0.4) is 0 Å². The van der Waals surface area contributed by atoms with Crippen LogP contribution in [0.2, 0.25) is 5.02 Å². The fourth-order valence-corrected chi connectivity index (χ4v) is 2.44. The molecule has 0 saturated heterocycles. The van der Waals surface area contributed by atoms with Crippen molar-refractivity contribution in [1.82, 2.24) is 0 Å². The number of para-hydroxylation sites is 1. The van der Waals surface area contributed by atoms with E-state index in [2.05, 4.69) is 5.32 Å². The lowest BCUT2D eigenvalue weighted by molar-refractivity contribution is -0.118. The number of hydrogen-bond donors (Lipinski definition) is 1. The van der Waals surface area contributed by atoms with Gasteiger partial charge in [0.2, 0.25) is 0 Å². The average molecular weight is 360 g/mol. The lowest BCUT2D eigenvalue weighted by atomic mass is 10.1. The number of hydrogen-bond acceptors (Lipinski definition) is 4. The van der Waals surface area contributed by atoms with Crippen molar-refractivity contribution in [2.45, 2.75) is 20.3 Å². The number of carbonyl (C=O) groups is 3. The molecule has 0 aliphatic heterocycles. The molecule has 2 aromatic rings. The lowest BCUT2D eigenvalue weighted by Crippen LogP contribution is -2.22. The number of halogens is 1. The number of benzene rings is 2. The Morgan fingerprint density at radius 1 is 1.08 bits per heavy atom. The van der Waals surface area contributed by atoms with Crippen molar-refractivity contribution in [1.29, 1.82) is 0 Å². The van der Waals surface area contributed by atoms with Crippen molar-refractivity contribution in [3.63, 3.8) is 0 Å². The molecule has 0 bridgehead atoms. The van der Waals surface area contributed by atoms with Gasteiger partial charge in [-0.05, 0) is 37.3 Å². The summed E-state index contributed by atoms with van der Waals surface area (Å²) in [6, 6.07) is 11.4. The fraction of sp³-hybridized carbons (Fsp3) is 0.211. The molecule has 2 rings (SSSR count). The Balaban J connectivity index is 2.09. The molecule has 0 atom stereocenters. The highest BCUT2D eigenvalue weighted by Gasteiger charge is 2.14. The van der Waals surface area contributed by atoms with E-state index in [9.17, 15) is 14.4 Å². The predicted molar refractivity (Wildman–Crippen MR) is 96.6 cm³/mol. The van der Waals surface area contributed by atoms with Gasteiger partial charge in [0, 0.05) is 17.0 Å². The van der Waals surface area contributed by atoms with Gasteiger partial charge in [-0.1, -0.05) is 30.7 Å². The van der Waals surface area contributed by atoms with E-state index in [1.165, 1.54) is 13.0 Å². The molecule has 130 valence electrons. The maximum atomic E-state index is 12.1. The molecule has 0 saturated carbocycles. The van der Waals surface area contributed by atoms with Gasteiger partial charge >= 0.3 is 0 Å². The summed E-state index contributed by atoms with van der Waals surface area (Å²) in [7, 11) is 0. The predicted octanol–water partition coefficient (Wildman–Crippen LogP) is 4.15. The van der Waals surface area contributed by atoms with E-state index >= 15 is 0 Å². The van der Waals surface area contributed by atoms with Crippen LogP contribution in [-0.2, 0) is 4.79 Å². The first-order valence-electron chi connectivity index (χ1n) is 7.77. The van der Waals surface area contributed by atoms with Crippen molar-refractivity contribution in [2.24, 2.45) is 0 Å². The zero-order valence-corrected chi connectivity index (χ0v) is 14.7. The molecule has 0 aromatic heterocycles. The Labute approximate surface area is 150 Å². The van der Waals surface area contributed by atoms with Crippen LogP contribution in [0.4, 0.5) is 5.69 Å². The molecule has 0 radical (unpaired) electrons. The highest BCUT2D eigenvalue weighted by Crippen LogP contribution is 2.24. The number of Topliss-reactive ketones (excluding diaryl/α,β-unsaturated/α-hetero) is 2. The highest BCUT2D eigenvalue weighted by molar-refractivity contribution is 6.31. The maximum Gasteiger partial charge on any atom is 0.262 e. The van der Waals surface area contributed by atoms with E-state index in [1.807, 2.05) is 0 Å². The van der Waals surface area contributed by atoms with Gasteiger partial charge in [-0.25, -0.2) is 0 Å². The normalized spacial score (nSPS) is 10.2. The Morgan fingerprint density at radius 3 is 2.48 bits per heavy atom. The minimum Gasteiger partial charge on any atom is -0.483 e. The molecule has 1 N–H and O–H groups in total. The standard InChI is InChI=1S/C19H18ClNO4/c1-3-17(23)15-10-13(20)8-9-18(15)25-11-19(24)21-16-7-5-4-6-14(16)12(2)22/h4-10H,3,11H2,1-2H3,(H,21,24). The van der Waals surface area contributed by atoms with E-state index < -0.39 is 5.91 Å². The Morgan fingerprint density at radius 2 is 1.80 bits per heavy atom. The molecule has 25 heavy (non-hydrogen) atoms. The minimum atomic E-state index is -0.432. The van der Waals surface area contributed by atoms with Crippen molar-refractivity contribution in [3.8, 4) is 5.75 Å². The Hall–Kier alpha value is -2.66. The second-order valence-corrected chi connectivity index (χ2v) is 5.79. The molecule has 0 fully saturated rings. The summed E-state index contributed by atoms with van der Waals surface area (Å²) in [5.41, 5.74) is 1.18. The maximum absolute atomic E-state index is 12.1. The summed E-state index contributed by atoms with van der Waals surface area (Å²) in [5.74, 6) is -0.407. The van der Waals surface area contributed by atoms with Crippen molar-refractivity contribution < 1.29 is 19.1 Å². The van der Waals surface area contributed by atoms with Crippen LogP contribution in [0.5, 0.6) is 5.75 Å². The topological polar surface area (TPSA) is 72.5 Å². The van der Waals surface area contributed by atoms with Crippen LogP contribution in [0.1, 0.15) is 41.0 Å². The molecule has 0 heterocycles. The zero-order valence-electron chi connectivity index (χ0n) is 14.0. The monoisotopic (exact) mass is 359 g/mol. The van der Waals surface area contributed by atoms with Crippen LogP contribution in [0.15, 0.2) is 42.5 Å². The molecular formula is C19H18ClNO4. The number of ketones is 2. The minimum absolute atomic E-state index is 0.125. The first-order valence-corrected chi connectivity index (χ1v) is 8.15. The van der Waals surface area contributed by atoms with Gasteiger partial charge in [-0.3, -0.25) is 14.4 Å². The Bertz CT molecular complexity index is 817. The number of rotatable bonds is 7. The van der Waals surface area contributed by atoms with Gasteiger partial charge in [0.15, 0.2) is 18.2 Å². The summed E-state index contributed by atoms with van der Waals surface area (Å²) in [6.45, 7) is 2.87. The van der Waals surface area contributed by atoms with Gasteiger partial charge in [0.05, 0.1) is 11.3 Å². The number of carbonyl (C=O) groups excluding carboxylic acids is 3. The molecular weight excluding hydrogens is 342 g/mol. The second-order valence-electron chi connectivity index (χ2n) is 5.36. The third kappa shape index (κ3) is 4.90. The molecule has 1 amide bonds. The largest absolute Gasteiger partial charge is 0.483 e. The van der Waals surface area contributed by atoms with Crippen LogP contribution in [-0.4, -0.2) is 24.1 Å². The fourth-order valence-electron chi connectivity index (χ4n) is 2.27. The molecule has 0 aliphatic carbocycles. The van der Waals surface area contributed by atoms with E-state index in [-0.39, 0.29) is 18.2 Å². The van der Waals surface area contributed by atoms with Gasteiger partial charge in [0.1, 0.15) is 5.75 Å². The molecule has 0 unspecified atom stereocenters. The lowest BCUT2D eigenvalue weighted by Gasteiger charge is -2.12. The molecule has 5 nitrogen and oxygen atoms in total. The van der Waals surface area contributed by atoms with Crippen LogP contribution < -0.4 is 10.1 Å². The quantitative estimate of drug-likeness (QED) is 0.753. The number of amides is 1. The third-order valence-electron chi connectivity index (χ3n) is 3.50. The van der Waals surface area contributed by atoms with Gasteiger partial charge in [-0.2, -0.15) is 0 Å². The van der Waals surface area contributed by atoms with E-state index in [0.29, 0.717) is 34.0 Å². The summed E-state index contributed by atoms with van der Waals surface area (Å²) >= 11 is 5.92. The smallest absolute Gasteiger partial charge is 0.262 e. The van der Waals surface area contributed by atoms with E-state index in [4.69, 9.17) is 16.3 Å². The Kier molecular flexibility index (Phi) is 6.31. The summed E-state index contributed by atoms with van der Waals surface area (Å²) < 4.78 is 5.47. The second kappa shape index (κ2) is 8.44. The number of ether oxygens (including phenoxy) is 1. The van der Waals surface area contributed by atoms with Gasteiger partial charge < -0.3 is 10.1 Å². The summed E-state index contributed by atoms with van der Waals surface area (Å²) in [6.07, 6.45) is 0.300. The van der Waals surface area contributed by atoms with E-state index in [1.54, 1.807) is 43.3 Å². The molecule has 6 heteroatoms. The van der Waals surface area contributed by atoms with Crippen LogP contribution in [0.25, 0.3) is 0 Å². The molecule has 0 spiro atoms. The van der Waals surface area contributed by atoms with Gasteiger partial charge in [0.25, 0.3) is 5.91 Å². The highest BCUT2D eigenvalue weighted by atomic mass is 35.5.